The van der Waals surface area contributed by atoms with E-state index in [1.165, 1.54) is 11.8 Å². The first-order valence-electron chi connectivity index (χ1n) is 17.2. The van der Waals surface area contributed by atoms with E-state index in [1.54, 1.807) is 0 Å². The smallest absolute Gasteiger partial charge is 0.305 e. The van der Waals surface area contributed by atoms with Gasteiger partial charge in [-0.1, -0.05) is 53.7 Å². The van der Waals surface area contributed by atoms with Gasteiger partial charge in [-0.3, -0.25) is 43.2 Å². The monoisotopic (exact) mass is 771 g/mol. The molecule has 0 spiro atoms. The second kappa shape index (κ2) is 20.8. The fourth-order valence-electron chi connectivity index (χ4n) is 6.09. The van der Waals surface area contributed by atoms with Gasteiger partial charge in [0.15, 0.2) is 0 Å². The molecule has 11 N–H and O–H groups in total. The van der Waals surface area contributed by atoms with Crippen molar-refractivity contribution in [3.05, 3.63) is 0 Å². The Balaban J connectivity index is 1.81. The molecule has 0 aromatic heterocycles. The summed E-state index contributed by atoms with van der Waals surface area (Å²) >= 11 is 0. The fraction of sp³-hybridized carbons (Fsp3) is 0.710. The molecule has 3 aliphatic rings. The molecule has 19 nitrogen and oxygen atoms in total. The van der Waals surface area contributed by atoms with E-state index in [0.717, 1.165) is 53.7 Å². The number of hydrogen-bond donors (Lipinski definition) is 9. The number of amides is 8. The van der Waals surface area contributed by atoms with Crippen LogP contribution in [0.4, 0.5) is 0 Å². The molecule has 1 aliphatic carbocycles. The van der Waals surface area contributed by atoms with Crippen LogP contribution >= 0.6 is 21.6 Å². The number of nitrogens with two attached hydrogens (primary N) is 2. The Morgan fingerprint density at radius 3 is 2.10 bits per heavy atom. The lowest BCUT2D eigenvalue weighted by molar-refractivity contribution is -0.141. The van der Waals surface area contributed by atoms with Crippen LogP contribution in [-0.2, 0) is 43.2 Å². The Hall–Kier alpha value is -4.11. The zero-order chi connectivity index (χ0) is 38.4. The van der Waals surface area contributed by atoms with Gasteiger partial charge in [0, 0.05) is 18.1 Å². The molecule has 0 radical (unpaired) electrons. The van der Waals surface area contributed by atoms with E-state index in [2.05, 4.69) is 31.9 Å². The molecule has 2 aliphatic heterocycles. The molecule has 8 amide bonds. The van der Waals surface area contributed by atoms with Crippen molar-refractivity contribution >= 4 is 74.8 Å². The number of carboxylic acids is 1. The summed E-state index contributed by atoms with van der Waals surface area (Å²) in [5.41, 5.74) is 11.4. The Kier molecular flexibility index (Phi) is 16.9. The molecule has 6 atom stereocenters. The summed E-state index contributed by atoms with van der Waals surface area (Å²) in [7, 11) is 2.11. The lowest BCUT2D eigenvalue weighted by Gasteiger charge is -2.28. The van der Waals surface area contributed by atoms with Gasteiger partial charge in [-0.15, -0.1) is 0 Å². The van der Waals surface area contributed by atoms with E-state index in [-0.39, 0.29) is 30.4 Å². The number of rotatable bonds is 5. The lowest BCUT2D eigenvalue weighted by atomic mass is 9.84. The van der Waals surface area contributed by atoms with Crippen molar-refractivity contribution in [2.45, 2.75) is 101 Å². The van der Waals surface area contributed by atoms with E-state index in [9.17, 15) is 48.3 Å². The molecule has 1 saturated carbocycles. The lowest BCUT2D eigenvalue weighted by Crippen LogP contribution is -2.56. The van der Waals surface area contributed by atoms with Gasteiger partial charge < -0.3 is 53.4 Å². The molecule has 3 rings (SSSR count). The number of aliphatic carboxylic acids is 1. The highest BCUT2D eigenvalue weighted by Gasteiger charge is 2.36. The average molecular weight is 772 g/mol. The van der Waals surface area contributed by atoms with E-state index in [0.29, 0.717) is 12.8 Å². The molecule has 52 heavy (non-hydrogen) atoms. The summed E-state index contributed by atoms with van der Waals surface area (Å²) in [6, 6.07) is -7.06. The summed E-state index contributed by atoms with van der Waals surface area (Å²) in [5.74, 6) is -7.31. The third-order valence-corrected chi connectivity index (χ3v) is 11.4. The van der Waals surface area contributed by atoms with Crippen LogP contribution in [0.3, 0.4) is 0 Å². The fourth-order valence-corrected chi connectivity index (χ4v) is 8.39. The van der Waals surface area contributed by atoms with Crippen LogP contribution in [0, 0.1) is 5.92 Å². The SMILES string of the molecule is C[C@@H]1NC(=O)[C@@H]2CCCN2C(=O)CNC(=O)[C@H](CC2CCCCC2)NC(=O)CNC(=O)[C@@H](CC(=O)O)NC(=O)[C@@H](N)CSSC[C@@H](C(N)=O)NC1=O. The highest BCUT2D eigenvalue weighted by molar-refractivity contribution is 8.76. The second-order valence-corrected chi connectivity index (χ2v) is 15.6. The topological polar surface area (TPSA) is 301 Å². The average Bonchev–Trinajstić information content (AvgIpc) is 3.60. The maximum Gasteiger partial charge on any atom is 0.305 e. The van der Waals surface area contributed by atoms with E-state index in [4.69, 9.17) is 11.5 Å². The minimum atomic E-state index is -1.58. The first-order valence-corrected chi connectivity index (χ1v) is 19.7. The molecule has 0 aromatic rings. The van der Waals surface area contributed by atoms with Crippen LogP contribution in [0.25, 0.3) is 0 Å². The zero-order valence-electron chi connectivity index (χ0n) is 29.0. The first-order chi connectivity index (χ1) is 24.7. The summed E-state index contributed by atoms with van der Waals surface area (Å²) in [5, 5.41) is 24.1. The predicted molar refractivity (Wildman–Crippen MR) is 190 cm³/mol. The number of hydrogen-bond acceptors (Lipinski definition) is 12. The molecular formula is C31H49N9O10S2. The van der Waals surface area contributed by atoms with Crippen molar-refractivity contribution in [2.24, 2.45) is 17.4 Å². The normalized spacial score (nSPS) is 29.0. The highest BCUT2D eigenvalue weighted by atomic mass is 33.1. The van der Waals surface area contributed by atoms with Crippen molar-refractivity contribution in [1.29, 1.82) is 0 Å². The number of carbonyl (C=O) groups is 9. The highest BCUT2D eigenvalue weighted by Crippen LogP contribution is 2.27. The molecule has 2 saturated heterocycles. The molecule has 0 bridgehead atoms. The predicted octanol–water partition coefficient (Wildman–Crippen LogP) is -3.18. The Labute approximate surface area is 308 Å². The first kappa shape index (κ1) is 42.3. The Morgan fingerprint density at radius 2 is 1.42 bits per heavy atom. The van der Waals surface area contributed by atoms with E-state index < -0.39 is 109 Å². The number of nitrogens with one attached hydrogen (secondary N) is 6. The molecule has 290 valence electrons. The van der Waals surface area contributed by atoms with Crippen LogP contribution in [-0.4, -0.2) is 131 Å². The van der Waals surface area contributed by atoms with E-state index in [1.807, 2.05) is 0 Å². The van der Waals surface area contributed by atoms with Crippen molar-refractivity contribution < 1.29 is 48.3 Å². The third kappa shape index (κ3) is 13.5. The molecule has 0 aromatic carbocycles. The van der Waals surface area contributed by atoms with Gasteiger partial charge in [0.1, 0.15) is 30.2 Å². The largest absolute Gasteiger partial charge is 0.481 e. The van der Waals surface area contributed by atoms with Crippen LogP contribution < -0.4 is 43.4 Å². The van der Waals surface area contributed by atoms with Crippen LogP contribution in [0.5, 0.6) is 0 Å². The number of fused-ring (bicyclic) bond motifs is 1. The standard InChI is InChI=1S/C31H49N9O10S2/c1-16-27(46)39-21(26(33)45)15-52-51-14-18(32)28(47)38-20(11-25(43)44)30(49)34-12-23(41)37-19(10-17-6-3-2-4-7-17)29(48)35-13-24(42)40-9-5-8-22(40)31(50)36-16/h16-22H,2-15,32H2,1H3,(H2,33,45)(H,34,49)(H,35,48)(H,36,50)(H,37,41)(H,38,47)(H,39,46)(H,43,44)/t16-,18-,19-,20+,21-,22-/m0/s1. The quantitative estimate of drug-likeness (QED) is 0.125. The molecule has 0 unspecified atom stereocenters. The van der Waals surface area contributed by atoms with Crippen molar-refractivity contribution in [1.82, 2.24) is 36.8 Å². The molecular weight excluding hydrogens is 723 g/mol. The van der Waals surface area contributed by atoms with Gasteiger partial charge in [0.05, 0.1) is 25.6 Å². The van der Waals surface area contributed by atoms with Crippen molar-refractivity contribution in [2.75, 3.05) is 31.1 Å². The summed E-state index contributed by atoms with van der Waals surface area (Å²) in [6.45, 7) is 0.527. The van der Waals surface area contributed by atoms with Gasteiger partial charge in [0.2, 0.25) is 47.3 Å². The minimum absolute atomic E-state index is 0.0367. The van der Waals surface area contributed by atoms with Crippen LogP contribution in [0.2, 0.25) is 0 Å². The Bertz CT molecular complexity index is 1370. The molecule has 3 fully saturated rings. The zero-order valence-corrected chi connectivity index (χ0v) is 30.6. The summed E-state index contributed by atoms with van der Waals surface area (Å²) < 4.78 is 0. The maximum absolute atomic E-state index is 13.4. The minimum Gasteiger partial charge on any atom is -0.481 e. The molecule has 21 heteroatoms. The summed E-state index contributed by atoms with van der Waals surface area (Å²) in [6.07, 6.45) is 4.94. The number of carbonyl (C=O) groups excluding carboxylic acids is 8. The van der Waals surface area contributed by atoms with Crippen LogP contribution in [0.15, 0.2) is 0 Å². The van der Waals surface area contributed by atoms with Gasteiger partial charge in [-0.25, -0.2) is 0 Å². The third-order valence-electron chi connectivity index (χ3n) is 8.98. The Morgan fingerprint density at radius 1 is 0.769 bits per heavy atom. The second-order valence-electron chi connectivity index (χ2n) is 13.1. The van der Waals surface area contributed by atoms with Crippen LogP contribution in [0.1, 0.15) is 64.7 Å². The number of primary amides is 1. The van der Waals surface area contributed by atoms with Gasteiger partial charge >= 0.3 is 5.97 Å². The number of nitrogens with zero attached hydrogens (tertiary/aromatic N) is 1. The van der Waals surface area contributed by atoms with E-state index >= 15 is 0 Å². The van der Waals surface area contributed by atoms with Crippen molar-refractivity contribution in [3.8, 4) is 0 Å². The summed E-state index contributed by atoms with van der Waals surface area (Å²) in [4.78, 5) is 116. The van der Waals surface area contributed by atoms with Crippen molar-refractivity contribution in [3.63, 3.8) is 0 Å². The molecule has 2 heterocycles. The van der Waals surface area contributed by atoms with Gasteiger partial charge in [-0.2, -0.15) is 0 Å². The van der Waals surface area contributed by atoms with Gasteiger partial charge in [-0.05, 0) is 32.1 Å². The van der Waals surface area contributed by atoms with Gasteiger partial charge in [0.25, 0.3) is 0 Å². The number of carboxylic acid groups (broad SMARTS) is 1. The maximum atomic E-state index is 13.4.